The van der Waals surface area contributed by atoms with Crippen LogP contribution in [0.25, 0.3) is 17.0 Å². The molecule has 1 fully saturated rings. The van der Waals surface area contributed by atoms with Crippen molar-refractivity contribution >= 4 is 56.9 Å². The summed E-state index contributed by atoms with van der Waals surface area (Å²) in [7, 11) is 3.13. The highest BCUT2D eigenvalue weighted by atomic mass is 32.2. The highest BCUT2D eigenvalue weighted by Gasteiger charge is 2.35. The molecule has 0 spiro atoms. The molecular formula is C21H16N2O3S2. The second-order valence-electron chi connectivity index (χ2n) is 6.01. The van der Waals surface area contributed by atoms with Crippen molar-refractivity contribution in [2.45, 2.75) is 0 Å². The Hall–Kier alpha value is -2.90. The summed E-state index contributed by atoms with van der Waals surface area (Å²) in [4.78, 5) is 19.4. The molecule has 2 aromatic carbocycles. The van der Waals surface area contributed by atoms with E-state index in [0.717, 1.165) is 16.5 Å². The van der Waals surface area contributed by atoms with Crippen LogP contribution in [-0.4, -0.2) is 29.4 Å². The Morgan fingerprint density at radius 2 is 1.96 bits per heavy atom. The summed E-state index contributed by atoms with van der Waals surface area (Å²) >= 11 is 6.74. The molecule has 3 aromatic rings. The lowest BCUT2D eigenvalue weighted by molar-refractivity contribution is -0.113. The number of amides is 1. The van der Waals surface area contributed by atoms with Gasteiger partial charge in [0.15, 0.2) is 4.32 Å². The number of pyridine rings is 1. The lowest BCUT2D eigenvalue weighted by Gasteiger charge is -2.18. The third-order valence-electron chi connectivity index (χ3n) is 4.35. The van der Waals surface area contributed by atoms with Gasteiger partial charge in [-0.1, -0.05) is 36.1 Å². The number of aromatic nitrogens is 1. The number of benzene rings is 2. The molecule has 5 nitrogen and oxygen atoms in total. The summed E-state index contributed by atoms with van der Waals surface area (Å²) in [5.41, 5.74) is 2.43. The van der Waals surface area contributed by atoms with E-state index >= 15 is 0 Å². The minimum absolute atomic E-state index is 0.176. The Labute approximate surface area is 172 Å². The summed E-state index contributed by atoms with van der Waals surface area (Å²) in [5, 5.41) is 1.02. The van der Waals surface area contributed by atoms with Crippen LogP contribution in [0.5, 0.6) is 11.5 Å². The molecule has 140 valence electrons. The molecule has 7 heteroatoms. The normalized spacial score (nSPS) is 15.5. The number of anilines is 1. The molecule has 1 aliphatic heterocycles. The third kappa shape index (κ3) is 3.34. The fourth-order valence-electron chi connectivity index (χ4n) is 2.98. The van der Waals surface area contributed by atoms with Crippen molar-refractivity contribution in [3.8, 4) is 11.5 Å². The van der Waals surface area contributed by atoms with Crippen molar-refractivity contribution in [1.29, 1.82) is 0 Å². The van der Waals surface area contributed by atoms with Crippen LogP contribution < -0.4 is 14.4 Å². The number of methoxy groups -OCH3 is 2. The Kier molecular flexibility index (Phi) is 5.02. The number of carbonyl (C=O) groups excluding carboxylic acids is 1. The van der Waals surface area contributed by atoms with E-state index in [9.17, 15) is 4.79 Å². The number of hydrogen-bond acceptors (Lipinski definition) is 6. The van der Waals surface area contributed by atoms with Gasteiger partial charge in [-0.15, -0.1) is 0 Å². The van der Waals surface area contributed by atoms with E-state index in [4.69, 9.17) is 21.7 Å². The minimum Gasteiger partial charge on any atom is -0.497 e. The van der Waals surface area contributed by atoms with Crippen LogP contribution in [-0.2, 0) is 4.79 Å². The zero-order chi connectivity index (χ0) is 19.7. The van der Waals surface area contributed by atoms with E-state index < -0.39 is 0 Å². The number of carbonyl (C=O) groups is 1. The van der Waals surface area contributed by atoms with Gasteiger partial charge in [-0.05, 0) is 42.0 Å². The molecule has 0 saturated carbocycles. The molecule has 0 aliphatic carbocycles. The number of rotatable bonds is 4. The fraction of sp³-hybridized carbons (Fsp3) is 0.0952. The number of fused-ring (bicyclic) bond motifs is 1. The Balaban J connectivity index is 1.69. The third-order valence-corrected chi connectivity index (χ3v) is 5.65. The van der Waals surface area contributed by atoms with Crippen molar-refractivity contribution in [3.05, 3.63) is 65.2 Å². The maximum atomic E-state index is 13.1. The topological polar surface area (TPSA) is 51.7 Å². The Morgan fingerprint density at radius 3 is 2.75 bits per heavy atom. The highest BCUT2D eigenvalue weighted by Crippen LogP contribution is 2.41. The van der Waals surface area contributed by atoms with Gasteiger partial charge in [0.2, 0.25) is 0 Å². The van der Waals surface area contributed by atoms with Crippen molar-refractivity contribution < 1.29 is 14.3 Å². The zero-order valence-electron chi connectivity index (χ0n) is 15.2. The quantitative estimate of drug-likeness (QED) is 0.462. The molecule has 0 N–H and O–H groups in total. The van der Waals surface area contributed by atoms with Crippen LogP contribution in [0.3, 0.4) is 0 Å². The molecule has 0 radical (unpaired) electrons. The second-order valence-corrected chi connectivity index (χ2v) is 7.69. The van der Waals surface area contributed by atoms with Gasteiger partial charge in [-0.25, -0.2) is 0 Å². The SMILES string of the molecule is COc1ccc(N2C(=O)/C(=C\c3ccc4ncccc4c3)SC2=S)c(OC)c1. The molecule has 1 saturated heterocycles. The zero-order valence-corrected chi connectivity index (χ0v) is 16.8. The Morgan fingerprint density at radius 1 is 1.11 bits per heavy atom. The van der Waals surface area contributed by atoms with Crippen LogP contribution >= 0.6 is 24.0 Å². The molecular weight excluding hydrogens is 392 g/mol. The summed E-state index contributed by atoms with van der Waals surface area (Å²) in [6, 6.07) is 15.0. The standard InChI is InChI=1S/C21H16N2O3S2/c1-25-15-6-8-17(18(12-15)26-2)23-20(24)19(28-21(23)27)11-13-5-7-16-14(10-13)4-3-9-22-16/h3-12H,1-2H3/b19-11+. The molecule has 1 aliphatic rings. The van der Waals surface area contributed by atoms with Crippen LogP contribution in [0.2, 0.25) is 0 Å². The first kappa shape index (κ1) is 18.5. The average molecular weight is 409 g/mol. The summed E-state index contributed by atoms with van der Waals surface area (Å²) in [6.07, 6.45) is 3.61. The van der Waals surface area contributed by atoms with E-state index in [1.165, 1.54) is 16.7 Å². The summed E-state index contributed by atoms with van der Waals surface area (Å²) < 4.78 is 11.1. The Bertz CT molecular complexity index is 1130. The second kappa shape index (κ2) is 7.61. The molecule has 0 unspecified atom stereocenters. The first-order valence-electron chi connectivity index (χ1n) is 8.45. The van der Waals surface area contributed by atoms with E-state index in [-0.39, 0.29) is 5.91 Å². The van der Waals surface area contributed by atoms with E-state index in [0.29, 0.717) is 26.4 Å². The monoisotopic (exact) mass is 408 g/mol. The van der Waals surface area contributed by atoms with Crippen molar-refractivity contribution in [3.63, 3.8) is 0 Å². The van der Waals surface area contributed by atoms with Gasteiger partial charge in [0, 0.05) is 17.6 Å². The first-order valence-corrected chi connectivity index (χ1v) is 9.68. The number of thioether (sulfide) groups is 1. The fourth-order valence-corrected chi connectivity index (χ4v) is 4.27. The van der Waals surface area contributed by atoms with Crippen molar-refractivity contribution in [1.82, 2.24) is 4.98 Å². The molecule has 1 aromatic heterocycles. The van der Waals surface area contributed by atoms with E-state index in [1.807, 2.05) is 36.4 Å². The molecule has 2 heterocycles. The molecule has 0 bridgehead atoms. The van der Waals surface area contributed by atoms with Crippen molar-refractivity contribution in [2.75, 3.05) is 19.1 Å². The molecule has 1 amide bonds. The van der Waals surface area contributed by atoms with Gasteiger partial charge in [0.05, 0.1) is 30.3 Å². The lowest BCUT2D eigenvalue weighted by Crippen LogP contribution is -2.27. The van der Waals surface area contributed by atoms with Gasteiger partial charge in [0.1, 0.15) is 11.5 Å². The minimum atomic E-state index is -0.176. The van der Waals surface area contributed by atoms with Crippen LogP contribution in [0, 0.1) is 0 Å². The van der Waals surface area contributed by atoms with E-state index in [1.54, 1.807) is 38.6 Å². The number of nitrogens with zero attached hydrogens (tertiary/aromatic N) is 2. The predicted molar refractivity (Wildman–Crippen MR) is 117 cm³/mol. The smallest absolute Gasteiger partial charge is 0.270 e. The summed E-state index contributed by atoms with van der Waals surface area (Å²) in [5.74, 6) is 0.991. The average Bonchev–Trinajstić information content (AvgIpc) is 3.00. The molecule has 0 atom stereocenters. The van der Waals surface area contributed by atoms with Gasteiger partial charge in [0.25, 0.3) is 5.91 Å². The number of ether oxygens (including phenoxy) is 2. The van der Waals surface area contributed by atoms with Gasteiger partial charge >= 0.3 is 0 Å². The molecule has 4 rings (SSSR count). The largest absolute Gasteiger partial charge is 0.497 e. The van der Waals surface area contributed by atoms with Gasteiger partial charge in [-0.3, -0.25) is 14.7 Å². The predicted octanol–water partition coefficient (Wildman–Crippen LogP) is 4.66. The number of hydrogen-bond donors (Lipinski definition) is 0. The van der Waals surface area contributed by atoms with Crippen LogP contribution in [0.15, 0.2) is 59.6 Å². The number of thiocarbonyl (C=S) groups is 1. The maximum Gasteiger partial charge on any atom is 0.270 e. The summed E-state index contributed by atoms with van der Waals surface area (Å²) in [6.45, 7) is 0. The lowest BCUT2D eigenvalue weighted by atomic mass is 10.1. The van der Waals surface area contributed by atoms with Crippen LogP contribution in [0.1, 0.15) is 5.56 Å². The highest BCUT2D eigenvalue weighted by molar-refractivity contribution is 8.27. The van der Waals surface area contributed by atoms with Gasteiger partial charge < -0.3 is 9.47 Å². The van der Waals surface area contributed by atoms with Crippen LogP contribution in [0.4, 0.5) is 5.69 Å². The first-order chi connectivity index (χ1) is 13.6. The van der Waals surface area contributed by atoms with E-state index in [2.05, 4.69) is 4.98 Å². The molecule has 28 heavy (non-hydrogen) atoms. The van der Waals surface area contributed by atoms with Gasteiger partial charge in [-0.2, -0.15) is 0 Å². The van der Waals surface area contributed by atoms with Crippen molar-refractivity contribution in [2.24, 2.45) is 0 Å². The maximum absolute atomic E-state index is 13.1.